The standard InChI is InChI=1S/C22H27N7O/c1-3-28-11-12-29-19(18-14-25-26(2)16-18)15-24-21(29)22(28)6-9-27(10-7-22)20(30)17-5-4-8-23-13-17/h4-5,8,13-16H,3,6-7,9-12H2,1-2H3. The highest BCUT2D eigenvalue weighted by Gasteiger charge is 2.47. The van der Waals surface area contributed by atoms with Crippen molar-refractivity contribution in [2.45, 2.75) is 31.8 Å². The summed E-state index contributed by atoms with van der Waals surface area (Å²) < 4.78 is 4.19. The molecule has 2 aliphatic rings. The number of fused-ring (bicyclic) bond motifs is 2. The molecule has 3 aromatic rings. The highest BCUT2D eigenvalue weighted by Crippen LogP contribution is 2.42. The van der Waals surface area contributed by atoms with E-state index in [2.05, 4.69) is 26.5 Å². The van der Waals surface area contributed by atoms with E-state index >= 15 is 0 Å². The second kappa shape index (κ2) is 7.36. The molecule has 0 bridgehead atoms. The summed E-state index contributed by atoms with van der Waals surface area (Å²) in [6, 6.07) is 3.65. The van der Waals surface area contributed by atoms with E-state index in [9.17, 15) is 4.79 Å². The van der Waals surface area contributed by atoms with Crippen LogP contribution in [0.2, 0.25) is 0 Å². The van der Waals surface area contributed by atoms with Crippen LogP contribution in [-0.4, -0.2) is 66.2 Å². The van der Waals surface area contributed by atoms with Gasteiger partial charge < -0.3 is 9.47 Å². The van der Waals surface area contributed by atoms with E-state index in [1.807, 2.05) is 47.4 Å². The van der Waals surface area contributed by atoms with Crippen LogP contribution in [0.3, 0.4) is 0 Å². The van der Waals surface area contributed by atoms with Crippen LogP contribution >= 0.6 is 0 Å². The molecule has 5 heterocycles. The zero-order valence-electron chi connectivity index (χ0n) is 17.5. The number of hydrogen-bond acceptors (Lipinski definition) is 5. The number of hydrogen-bond donors (Lipinski definition) is 0. The van der Waals surface area contributed by atoms with Crippen LogP contribution in [0, 0.1) is 0 Å². The van der Waals surface area contributed by atoms with Crippen molar-refractivity contribution in [3.05, 3.63) is 54.5 Å². The monoisotopic (exact) mass is 405 g/mol. The minimum absolute atomic E-state index is 0.0659. The lowest BCUT2D eigenvalue weighted by Gasteiger charge is -2.50. The quantitative estimate of drug-likeness (QED) is 0.668. The van der Waals surface area contributed by atoms with E-state index in [1.165, 1.54) is 0 Å². The molecule has 1 saturated heterocycles. The van der Waals surface area contributed by atoms with Gasteiger partial charge in [0.1, 0.15) is 5.82 Å². The topological polar surface area (TPSA) is 72.1 Å². The summed E-state index contributed by atoms with van der Waals surface area (Å²) in [5.74, 6) is 1.19. The van der Waals surface area contributed by atoms with Crippen molar-refractivity contribution in [2.75, 3.05) is 26.2 Å². The number of likely N-dealkylation sites (N-methyl/N-ethyl adjacent to an activating group) is 1. The van der Waals surface area contributed by atoms with Crippen LogP contribution < -0.4 is 0 Å². The Hall–Kier alpha value is -3.00. The van der Waals surface area contributed by atoms with Gasteiger partial charge in [-0.05, 0) is 31.5 Å². The summed E-state index contributed by atoms with van der Waals surface area (Å²) in [5, 5.41) is 4.33. The fraction of sp³-hybridized carbons (Fsp3) is 0.455. The maximum Gasteiger partial charge on any atom is 0.255 e. The maximum atomic E-state index is 12.9. The number of imidazole rings is 1. The van der Waals surface area contributed by atoms with E-state index in [0.717, 1.165) is 62.6 Å². The van der Waals surface area contributed by atoms with Crippen molar-refractivity contribution >= 4 is 5.91 Å². The summed E-state index contributed by atoms with van der Waals surface area (Å²) in [5.41, 5.74) is 2.76. The predicted molar refractivity (Wildman–Crippen MR) is 113 cm³/mol. The lowest BCUT2D eigenvalue weighted by Crippen LogP contribution is -2.58. The third-order valence-electron chi connectivity index (χ3n) is 6.64. The Kier molecular flexibility index (Phi) is 4.66. The van der Waals surface area contributed by atoms with Gasteiger partial charge in [-0.15, -0.1) is 0 Å². The van der Waals surface area contributed by atoms with Gasteiger partial charge in [0.05, 0.1) is 29.2 Å². The fourth-order valence-corrected chi connectivity index (χ4v) is 5.09. The zero-order valence-corrected chi connectivity index (χ0v) is 17.5. The molecule has 0 atom stereocenters. The molecule has 1 spiro atoms. The van der Waals surface area contributed by atoms with Crippen LogP contribution in [0.4, 0.5) is 0 Å². The number of pyridine rings is 1. The summed E-state index contributed by atoms with van der Waals surface area (Å²) in [6.07, 6.45) is 11.0. The number of aromatic nitrogens is 5. The first-order valence-corrected chi connectivity index (χ1v) is 10.6. The van der Waals surface area contributed by atoms with Crippen molar-refractivity contribution in [1.29, 1.82) is 0 Å². The van der Waals surface area contributed by atoms with Crippen LogP contribution in [0.15, 0.2) is 43.1 Å². The molecule has 0 aliphatic carbocycles. The van der Waals surface area contributed by atoms with E-state index in [0.29, 0.717) is 5.56 Å². The van der Waals surface area contributed by atoms with Gasteiger partial charge in [0, 0.05) is 57.4 Å². The van der Waals surface area contributed by atoms with Crippen molar-refractivity contribution in [2.24, 2.45) is 7.05 Å². The first kappa shape index (κ1) is 19.0. The van der Waals surface area contributed by atoms with Crippen LogP contribution in [0.25, 0.3) is 11.3 Å². The molecule has 1 fully saturated rings. The number of amides is 1. The summed E-state index contributed by atoms with van der Waals surface area (Å²) in [7, 11) is 1.94. The molecule has 0 radical (unpaired) electrons. The van der Waals surface area contributed by atoms with Gasteiger partial charge in [0.25, 0.3) is 5.91 Å². The van der Waals surface area contributed by atoms with Crippen molar-refractivity contribution in [1.82, 2.24) is 34.1 Å². The Morgan fingerprint density at radius 2 is 1.97 bits per heavy atom. The molecular weight excluding hydrogens is 378 g/mol. The highest BCUT2D eigenvalue weighted by atomic mass is 16.2. The molecule has 8 nitrogen and oxygen atoms in total. The Balaban J connectivity index is 1.44. The average molecular weight is 406 g/mol. The van der Waals surface area contributed by atoms with E-state index < -0.39 is 0 Å². The van der Waals surface area contributed by atoms with Gasteiger partial charge in [-0.3, -0.25) is 19.4 Å². The Morgan fingerprint density at radius 1 is 1.13 bits per heavy atom. The van der Waals surface area contributed by atoms with Crippen molar-refractivity contribution in [3.8, 4) is 11.3 Å². The lowest BCUT2D eigenvalue weighted by atomic mass is 9.83. The first-order valence-electron chi connectivity index (χ1n) is 10.6. The van der Waals surface area contributed by atoms with Gasteiger partial charge >= 0.3 is 0 Å². The average Bonchev–Trinajstić information content (AvgIpc) is 3.41. The third kappa shape index (κ3) is 2.94. The first-order chi connectivity index (χ1) is 14.6. The summed E-state index contributed by atoms with van der Waals surface area (Å²) in [4.78, 5) is 26.4. The number of carbonyl (C=O) groups excluding carboxylic acids is 1. The number of piperidine rings is 1. The molecule has 0 unspecified atom stereocenters. The molecule has 3 aromatic heterocycles. The Morgan fingerprint density at radius 3 is 2.63 bits per heavy atom. The van der Waals surface area contributed by atoms with E-state index in [-0.39, 0.29) is 11.4 Å². The minimum Gasteiger partial charge on any atom is -0.338 e. The smallest absolute Gasteiger partial charge is 0.255 e. The molecule has 2 aliphatic heterocycles. The van der Waals surface area contributed by atoms with E-state index in [4.69, 9.17) is 4.98 Å². The molecule has 1 amide bonds. The molecule has 156 valence electrons. The Labute approximate surface area is 176 Å². The third-order valence-corrected chi connectivity index (χ3v) is 6.64. The molecule has 0 N–H and O–H groups in total. The number of likely N-dealkylation sites (tertiary alicyclic amines) is 1. The molecule has 0 saturated carbocycles. The largest absolute Gasteiger partial charge is 0.338 e. The fourth-order valence-electron chi connectivity index (χ4n) is 5.09. The van der Waals surface area contributed by atoms with Crippen molar-refractivity contribution in [3.63, 3.8) is 0 Å². The van der Waals surface area contributed by atoms with Crippen molar-refractivity contribution < 1.29 is 4.79 Å². The van der Waals surface area contributed by atoms with Gasteiger partial charge in [0.2, 0.25) is 0 Å². The molecular formula is C22H27N7O. The Bertz CT molecular complexity index is 1050. The summed E-state index contributed by atoms with van der Waals surface area (Å²) in [6.45, 7) is 6.55. The SMILES string of the molecule is CCN1CCn2c(-c3cnn(C)c3)cnc2C12CCN(C(=O)c1cccnc1)CC2. The van der Waals surface area contributed by atoms with E-state index in [1.54, 1.807) is 12.4 Å². The highest BCUT2D eigenvalue weighted by molar-refractivity contribution is 5.93. The number of aryl methyl sites for hydroxylation is 1. The number of nitrogens with zero attached hydrogens (tertiary/aromatic N) is 7. The number of carbonyl (C=O) groups is 1. The van der Waals surface area contributed by atoms with Crippen LogP contribution in [0.5, 0.6) is 0 Å². The zero-order chi connectivity index (χ0) is 20.7. The van der Waals surface area contributed by atoms with Crippen LogP contribution in [0.1, 0.15) is 35.9 Å². The molecule has 8 heteroatoms. The van der Waals surface area contributed by atoms with Gasteiger partial charge in [-0.2, -0.15) is 5.10 Å². The maximum absolute atomic E-state index is 12.9. The minimum atomic E-state index is -0.126. The molecule has 30 heavy (non-hydrogen) atoms. The van der Waals surface area contributed by atoms with Gasteiger partial charge in [-0.1, -0.05) is 6.92 Å². The van der Waals surface area contributed by atoms with Crippen LogP contribution in [-0.2, 0) is 19.1 Å². The number of rotatable bonds is 3. The predicted octanol–water partition coefficient (Wildman–Crippen LogP) is 2.15. The summed E-state index contributed by atoms with van der Waals surface area (Å²) >= 11 is 0. The normalized spacial score (nSPS) is 18.5. The molecule has 5 rings (SSSR count). The van der Waals surface area contributed by atoms with Gasteiger partial charge in [0.15, 0.2) is 0 Å². The second-order valence-corrected chi connectivity index (χ2v) is 8.17. The lowest BCUT2D eigenvalue weighted by molar-refractivity contribution is -0.00314. The molecule has 0 aromatic carbocycles. The second-order valence-electron chi connectivity index (χ2n) is 8.17. The van der Waals surface area contributed by atoms with Gasteiger partial charge in [-0.25, -0.2) is 4.98 Å².